The van der Waals surface area contributed by atoms with Gasteiger partial charge in [0.2, 0.25) is 11.8 Å². The van der Waals surface area contributed by atoms with E-state index in [1.165, 1.54) is 69.5 Å². The molecule has 0 fully saturated rings. The number of anilines is 1. The zero-order valence-corrected chi connectivity index (χ0v) is 27.5. The molecule has 3 amide bonds. The first-order valence-corrected chi connectivity index (χ1v) is 17.6. The van der Waals surface area contributed by atoms with E-state index in [4.69, 9.17) is 4.74 Å². The molecule has 0 aliphatic carbocycles. The number of hydrogen-bond donors (Lipinski definition) is 4. The maximum atomic E-state index is 12.9. The molecular formula is C34H53N5O4S. The molecule has 0 aliphatic rings. The first-order valence-electron chi connectivity index (χ1n) is 16.2. The summed E-state index contributed by atoms with van der Waals surface area (Å²) in [5, 5.41) is 11.7. The molecule has 1 aromatic carbocycles. The van der Waals surface area contributed by atoms with E-state index >= 15 is 0 Å². The zero-order chi connectivity index (χ0) is 31.7. The van der Waals surface area contributed by atoms with Gasteiger partial charge in [-0.05, 0) is 55.5 Å². The van der Waals surface area contributed by atoms with Crippen molar-refractivity contribution in [1.29, 1.82) is 0 Å². The molecule has 10 heteroatoms. The standard InChI is InChI=1S/C34H53N5O4S/c1-3-4-5-6-7-8-9-10-11-13-24-36-31(40)17-15-26-43-30-20-18-29(19-21-30)38-33(39-32(41)27-44-2)34(42)37-25-22-28-16-12-14-23-35-28/h12,14,16,18-21,23,33,38H,3-11,13,15,17,22,24-27H2,1-2H3,(H,36,40)(H,37,42)(H,39,41). The Balaban J connectivity index is 1.63. The molecule has 0 bridgehead atoms. The highest BCUT2D eigenvalue weighted by atomic mass is 32.2. The van der Waals surface area contributed by atoms with Crippen LogP contribution >= 0.6 is 11.8 Å². The number of unbranched alkanes of at least 4 members (excludes halogenated alkanes) is 9. The van der Waals surface area contributed by atoms with Gasteiger partial charge in [-0.1, -0.05) is 70.8 Å². The van der Waals surface area contributed by atoms with Gasteiger partial charge in [0.25, 0.3) is 5.91 Å². The van der Waals surface area contributed by atoms with Crippen molar-refractivity contribution in [3.05, 3.63) is 54.4 Å². The summed E-state index contributed by atoms with van der Waals surface area (Å²) in [4.78, 5) is 41.5. The minimum atomic E-state index is -0.927. The molecule has 1 aromatic heterocycles. The first kappa shape index (κ1) is 36.9. The SMILES string of the molecule is CCCCCCCCCCCCNC(=O)CCCOc1ccc(NC(NC(=O)CSC)C(=O)NCCc2ccccn2)cc1. The Hall–Kier alpha value is -3.27. The van der Waals surface area contributed by atoms with E-state index in [9.17, 15) is 14.4 Å². The van der Waals surface area contributed by atoms with E-state index in [1.54, 1.807) is 30.5 Å². The maximum absolute atomic E-state index is 12.9. The Morgan fingerprint density at radius 2 is 1.52 bits per heavy atom. The smallest absolute Gasteiger partial charge is 0.263 e. The van der Waals surface area contributed by atoms with Crippen LogP contribution in [0.1, 0.15) is 89.7 Å². The Bertz CT molecular complexity index is 1060. The van der Waals surface area contributed by atoms with Crippen LogP contribution in [0.5, 0.6) is 5.75 Å². The van der Waals surface area contributed by atoms with Gasteiger partial charge in [0.1, 0.15) is 5.75 Å². The van der Waals surface area contributed by atoms with Crippen molar-refractivity contribution >= 4 is 35.2 Å². The van der Waals surface area contributed by atoms with Crippen molar-refractivity contribution < 1.29 is 19.1 Å². The maximum Gasteiger partial charge on any atom is 0.263 e. The molecule has 2 rings (SSSR count). The molecule has 0 aliphatic heterocycles. The van der Waals surface area contributed by atoms with Gasteiger partial charge in [-0.2, -0.15) is 11.8 Å². The minimum Gasteiger partial charge on any atom is -0.494 e. The first-order chi connectivity index (χ1) is 21.5. The van der Waals surface area contributed by atoms with Crippen LogP contribution in [0.2, 0.25) is 0 Å². The number of amides is 3. The molecule has 0 radical (unpaired) electrons. The van der Waals surface area contributed by atoms with Crippen molar-refractivity contribution in [2.24, 2.45) is 0 Å². The lowest BCUT2D eigenvalue weighted by molar-refractivity contribution is -0.127. The van der Waals surface area contributed by atoms with Crippen LogP contribution in [0.25, 0.3) is 0 Å². The molecule has 44 heavy (non-hydrogen) atoms. The van der Waals surface area contributed by atoms with Gasteiger partial charge in [0.05, 0.1) is 12.4 Å². The molecule has 4 N–H and O–H groups in total. The Labute approximate surface area is 268 Å². The van der Waals surface area contributed by atoms with Crippen molar-refractivity contribution in [2.45, 2.75) is 96.6 Å². The van der Waals surface area contributed by atoms with Crippen LogP contribution < -0.4 is 26.0 Å². The zero-order valence-electron chi connectivity index (χ0n) is 26.7. The number of carbonyl (C=O) groups excluding carboxylic acids is 3. The van der Waals surface area contributed by atoms with Crippen molar-refractivity contribution in [3.63, 3.8) is 0 Å². The molecule has 0 spiro atoms. The average molecular weight is 628 g/mol. The Morgan fingerprint density at radius 1 is 0.818 bits per heavy atom. The molecule has 2 aromatic rings. The second kappa shape index (κ2) is 24.1. The highest BCUT2D eigenvalue weighted by molar-refractivity contribution is 7.99. The summed E-state index contributed by atoms with van der Waals surface area (Å²) in [5.41, 5.74) is 1.54. The van der Waals surface area contributed by atoms with Gasteiger partial charge in [-0.3, -0.25) is 19.4 Å². The molecule has 0 saturated carbocycles. The van der Waals surface area contributed by atoms with Crippen molar-refractivity contribution in [2.75, 3.05) is 37.0 Å². The van der Waals surface area contributed by atoms with Gasteiger partial charge in [0, 0.05) is 43.5 Å². The molecule has 9 nitrogen and oxygen atoms in total. The second-order valence-corrected chi connectivity index (χ2v) is 11.8. The van der Waals surface area contributed by atoms with Crippen molar-refractivity contribution in [3.8, 4) is 5.75 Å². The van der Waals surface area contributed by atoms with Crippen LogP contribution in [-0.2, 0) is 20.8 Å². The van der Waals surface area contributed by atoms with Crippen LogP contribution in [0.15, 0.2) is 48.7 Å². The van der Waals surface area contributed by atoms with E-state index in [1.807, 2.05) is 24.5 Å². The van der Waals surface area contributed by atoms with E-state index in [-0.39, 0.29) is 23.5 Å². The largest absolute Gasteiger partial charge is 0.494 e. The second-order valence-electron chi connectivity index (χ2n) is 10.9. The fraction of sp³-hybridized carbons (Fsp3) is 0.588. The summed E-state index contributed by atoms with van der Waals surface area (Å²) in [6, 6.07) is 12.8. The number of hydrogen-bond acceptors (Lipinski definition) is 7. The van der Waals surface area contributed by atoms with E-state index in [2.05, 4.69) is 33.2 Å². The summed E-state index contributed by atoms with van der Waals surface area (Å²) < 4.78 is 5.80. The van der Waals surface area contributed by atoms with E-state index in [0.29, 0.717) is 43.9 Å². The van der Waals surface area contributed by atoms with Gasteiger partial charge < -0.3 is 26.0 Å². The summed E-state index contributed by atoms with van der Waals surface area (Å²) >= 11 is 1.39. The molecule has 244 valence electrons. The van der Waals surface area contributed by atoms with Crippen LogP contribution in [0.4, 0.5) is 5.69 Å². The minimum absolute atomic E-state index is 0.0666. The fourth-order valence-corrected chi connectivity index (χ4v) is 4.97. The average Bonchev–Trinajstić information content (AvgIpc) is 3.03. The summed E-state index contributed by atoms with van der Waals surface area (Å²) in [6.07, 6.45) is 17.1. The number of aromatic nitrogens is 1. The fourth-order valence-electron chi connectivity index (χ4n) is 4.63. The predicted molar refractivity (Wildman–Crippen MR) is 181 cm³/mol. The van der Waals surface area contributed by atoms with Crippen LogP contribution in [0, 0.1) is 0 Å². The van der Waals surface area contributed by atoms with E-state index in [0.717, 1.165) is 18.7 Å². The molecular weight excluding hydrogens is 574 g/mol. The third kappa shape index (κ3) is 17.8. The number of carbonyl (C=O) groups is 3. The molecule has 1 atom stereocenters. The number of nitrogens with zero attached hydrogens (tertiary/aromatic N) is 1. The van der Waals surface area contributed by atoms with Gasteiger partial charge in [-0.15, -0.1) is 0 Å². The Morgan fingerprint density at radius 3 is 2.18 bits per heavy atom. The number of thioether (sulfide) groups is 1. The molecule has 1 unspecified atom stereocenters. The topological polar surface area (TPSA) is 121 Å². The lowest BCUT2D eigenvalue weighted by Gasteiger charge is -2.21. The lowest BCUT2D eigenvalue weighted by atomic mass is 10.1. The lowest BCUT2D eigenvalue weighted by Crippen LogP contribution is -2.52. The predicted octanol–water partition coefficient (Wildman–Crippen LogP) is 5.85. The van der Waals surface area contributed by atoms with Crippen LogP contribution in [0.3, 0.4) is 0 Å². The molecule has 0 saturated heterocycles. The third-order valence-corrected chi connectivity index (χ3v) is 7.64. The highest BCUT2D eigenvalue weighted by Gasteiger charge is 2.20. The number of nitrogens with one attached hydrogen (secondary N) is 4. The van der Waals surface area contributed by atoms with Gasteiger partial charge in [-0.25, -0.2) is 0 Å². The van der Waals surface area contributed by atoms with Crippen molar-refractivity contribution in [1.82, 2.24) is 20.9 Å². The number of ether oxygens (including phenoxy) is 1. The highest BCUT2D eigenvalue weighted by Crippen LogP contribution is 2.17. The quantitative estimate of drug-likeness (QED) is 0.0805. The third-order valence-electron chi connectivity index (χ3n) is 7.08. The Kier molecular flexibility index (Phi) is 20.2. The number of pyridine rings is 1. The number of rotatable bonds is 25. The normalized spacial score (nSPS) is 11.4. The van der Waals surface area contributed by atoms with Crippen LogP contribution in [-0.4, -0.2) is 60.6 Å². The number of benzene rings is 1. The summed E-state index contributed by atoms with van der Waals surface area (Å²) in [5.74, 6) is 0.425. The van der Waals surface area contributed by atoms with E-state index < -0.39 is 6.17 Å². The van der Waals surface area contributed by atoms with Gasteiger partial charge >= 0.3 is 0 Å². The monoisotopic (exact) mass is 627 g/mol. The van der Waals surface area contributed by atoms with Gasteiger partial charge in [0.15, 0.2) is 6.17 Å². The summed E-state index contributed by atoms with van der Waals surface area (Å²) in [6.45, 7) is 3.82. The summed E-state index contributed by atoms with van der Waals surface area (Å²) in [7, 11) is 0. The molecule has 1 heterocycles.